The van der Waals surface area contributed by atoms with Crippen molar-refractivity contribution in [3.05, 3.63) is 28.0 Å². The summed E-state index contributed by atoms with van der Waals surface area (Å²) in [5.74, 6) is -0.540. The van der Waals surface area contributed by atoms with E-state index in [1.807, 2.05) is 0 Å². The van der Waals surface area contributed by atoms with Crippen LogP contribution in [0.1, 0.15) is 37.7 Å². The summed E-state index contributed by atoms with van der Waals surface area (Å²) in [6.07, 6.45) is 0.775. The van der Waals surface area contributed by atoms with Crippen molar-refractivity contribution >= 4 is 29.2 Å². The number of hydrogen-bond acceptors (Lipinski definition) is 3. The summed E-state index contributed by atoms with van der Waals surface area (Å²) >= 11 is 11.5. The lowest BCUT2D eigenvalue weighted by Crippen LogP contribution is -2.14. The zero-order chi connectivity index (χ0) is 13.1. The molecule has 0 amide bonds. The molecular formula is C12H15Cl2NO2. The molecule has 0 fully saturated rings. The number of halogens is 2. The topological polar surface area (TPSA) is 39.2 Å². The standard InChI is InChI=1S/C12H15Cl2NO2/c1-12(2,3)6-7-17-11(16)10-8(13)4-5-9(14)15-10/h4-5H,6-7H2,1-3H3. The van der Waals surface area contributed by atoms with Gasteiger partial charge in [-0.1, -0.05) is 44.0 Å². The Morgan fingerprint density at radius 3 is 2.59 bits per heavy atom. The van der Waals surface area contributed by atoms with Gasteiger partial charge in [-0.15, -0.1) is 0 Å². The molecule has 94 valence electrons. The molecule has 0 aliphatic rings. The minimum atomic E-state index is -0.540. The van der Waals surface area contributed by atoms with Crippen molar-refractivity contribution in [1.82, 2.24) is 4.98 Å². The Morgan fingerprint density at radius 1 is 1.35 bits per heavy atom. The molecule has 0 aliphatic heterocycles. The van der Waals surface area contributed by atoms with E-state index in [4.69, 9.17) is 27.9 Å². The van der Waals surface area contributed by atoms with E-state index in [1.54, 1.807) is 0 Å². The summed E-state index contributed by atoms with van der Waals surface area (Å²) in [5, 5.41) is 0.465. The summed E-state index contributed by atoms with van der Waals surface area (Å²) in [5.41, 5.74) is 0.180. The van der Waals surface area contributed by atoms with E-state index in [-0.39, 0.29) is 21.3 Å². The maximum absolute atomic E-state index is 11.7. The smallest absolute Gasteiger partial charge is 0.358 e. The van der Waals surface area contributed by atoms with Crippen molar-refractivity contribution in [2.24, 2.45) is 5.41 Å². The number of nitrogens with zero attached hydrogens (tertiary/aromatic N) is 1. The highest BCUT2D eigenvalue weighted by molar-refractivity contribution is 6.34. The molecule has 0 atom stereocenters. The van der Waals surface area contributed by atoms with Gasteiger partial charge in [0.25, 0.3) is 0 Å². The fourth-order valence-corrected chi connectivity index (χ4v) is 1.41. The van der Waals surface area contributed by atoms with Gasteiger partial charge in [-0.2, -0.15) is 0 Å². The second kappa shape index (κ2) is 5.69. The monoisotopic (exact) mass is 275 g/mol. The molecule has 0 aromatic carbocycles. The van der Waals surface area contributed by atoms with Gasteiger partial charge in [-0.25, -0.2) is 9.78 Å². The lowest BCUT2D eigenvalue weighted by molar-refractivity contribution is 0.0458. The van der Waals surface area contributed by atoms with Crippen LogP contribution >= 0.6 is 23.2 Å². The number of ether oxygens (including phenoxy) is 1. The van der Waals surface area contributed by atoms with Crippen LogP contribution in [0.2, 0.25) is 10.2 Å². The second-order valence-corrected chi connectivity index (χ2v) is 5.71. The first kappa shape index (κ1) is 14.3. The molecule has 0 spiro atoms. The molecule has 0 unspecified atom stereocenters. The highest BCUT2D eigenvalue weighted by atomic mass is 35.5. The lowest BCUT2D eigenvalue weighted by Gasteiger charge is -2.17. The molecule has 0 saturated heterocycles. The van der Waals surface area contributed by atoms with Gasteiger partial charge in [0.15, 0.2) is 5.69 Å². The Morgan fingerprint density at radius 2 is 2.00 bits per heavy atom. The van der Waals surface area contributed by atoms with Crippen LogP contribution in [0.3, 0.4) is 0 Å². The molecule has 17 heavy (non-hydrogen) atoms. The molecule has 0 N–H and O–H groups in total. The fraction of sp³-hybridized carbons (Fsp3) is 0.500. The predicted octanol–water partition coefficient (Wildman–Crippen LogP) is 3.98. The molecule has 1 heterocycles. The van der Waals surface area contributed by atoms with Gasteiger partial charge in [0, 0.05) is 0 Å². The van der Waals surface area contributed by atoms with E-state index in [1.165, 1.54) is 12.1 Å². The third-order valence-corrected chi connectivity index (χ3v) is 2.61. The third kappa shape index (κ3) is 4.92. The molecule has 0 bridgehead atoms. The zero-order valence-corrected chi connectivity index (χ0v) is 11.6. The average molecular weight is 276 g/mol. The van der Waals surface area contributed by atoms with Crippen molar-refractivity contribution in [2.45, 2.75) is 27.2 Å². The highest BCUT2D eigenvalue weighted by Gasteiger charge is 2.16. The highest BCUT2D eigenvalue weighted by Crippen LogP contribution is 2.20. The molecule has 0 radical (unpaired) electrons. The Bertz CT molecular complexity index is 413. The summed E-state index contributed by atoms with van der Waals surface area (Å²) in [4.78, 5) is 15.5. The quantitative estimate of drug-likeness (QED) is 0.619. The number of pyridine rings is 1. The Hall–Kier alpha value is -0.800. The number of carbonyl (C=O) groups is 1. The summed E-state index contributed by atoms with van der Waals surface area (Å²) in [6.45, 7) is 6.56. The van der Waals surface area contributed by atoms with Crippen LogP contribution < -0.4 is 0 Å². The van der Waals surface area contributed by atoms with Crippen LogP contribution in [0.5, 0.6) is 0 Å². The normalized spacial score (nSPS) is 11.4. The van der Waals surface area contributed by atoms with E-state index >= 15 is 0 Å². The van der Waals surface area contributed by atoms with Crippen molar-refractivity contribution in [2.75, 3.05) is 6.61 Å². The Balaban J connectivity index is 2.61. The first-order chi connectivity index (χ1) is 7.79. The largest absolute Gasteiger partial charge is 0.461 e. The number of hydrogen-bond donors (Lipinski definition) is 0. The Kier molecular flexibility index (Phi) is 4.78. The van der Waals surface area contributed by atoms with Crippen LogP contribution in [-0.4, -0.2) is 17.6 Å². The van der Waals surface area contributed by atoms with Gasteiger partial charge in [-0.3, -0.25) is 0 Å². The lowest BCUT2D eigenvalue weighted by atomic mass is 9.93. The van der Waals surface area contributed by atoms with Gasteiger partial charge in [0.1, 0.15) is 5.15 Å². The molecule has 1 aromatic rings. The second-order valence-electron chi connectivity index (χ2n) is 4.91. The molecule has 3 nitrogen and oxygen atoms in total. The maximum Gasteiger partial charge on any atom is 0.358 e. The van der Waals surface area contributed by atoms with Crippen molar-refractivity contribution < 1.29 is 9.53 Å². The van der Waals surface area contributed by atoms with Crippen molar-refractivity contribution in [3.63, 3.8) is 0 Å². The van der Waals surface area contributed by atoms with Crippen LogP contribution in [0.25, 0.3) is 0 Å². The van der Waals surface area contributed by atoms with Gasteiger partial charge < -0.3 is 4.74 Å². The molecule has 0 saturated carbocycles. The van der Waals surface area contributed by atoms with Gasteiger partial charge in [-0.05, 0) is 24.0 Å². The van der Waals surface area contributed by atoms with E-state index in [0.717, 1.165) is 6.42 Å². The number of aromatic nitrogens is 1. The van der Waals surface area contributed by atoms with Crippen LogP contribution in [0.15, 0.2) is 12.1 Å². The van der Waals surface area contributed by atoms with E-state index in [2.05, 4.69) is 25.8 Å². The Labute approximate surface area is 111 Å². The minimum absolute atomic E-state index is 0.0630. The van der Waals surface area contributed by atoms with Gasteiger partial charge in [0.2, 0.25) is 0 Å². The molecule has 1 rings (SSSR count). The number of carbonyl (C=O) groups excluding carboxylic acids is 1. The molecular weight excluding hydrogens is 261 g/mol. The molecule has 1 aromatic heterocycles. The zero-order valence-electron chi connectivity index (χ0n) is 10.1. The van der Waals surface area contributed by atoms with Crippen LogP contribution in [0.4, 0.5) is 0 Å². The van der Waals surface area contributed by atoms with E-state index < -0.39 is 5.97 Å². The average Bonchev–Trinajstić information content (AvgIpc) is 2.19. The molecule has 5 heteroatoms. The fourth-order valence-electron chi connectivity index (χ4n) is 1.08. The van der Waals surface area contributed by atoms with E-state index in [9.17, 15) is 4.79 Å². The summed E-state index contributed by atoms with van der Waals surface area (Å²) < 4.78 is 5.10. The maximum atomic E-state index is 11.7. The SMILES string of the molecule is CC(C)(C)CCOC(=O)c1nc(Cl)ccc1Cl. The molecule has 0 aliphatic carbocycles. The summed E-state index contributed by atoms with van der Waals surface area (Å²) in [7, 11) is 0. The predicted molar refractivity (Wildman–Crippen MR) is 68.6 cm³/mol. The van der Waals surface area contributed by atoms with Gasteiger partial charge >= 0.3 is 5.97 Å². The first-order valence-electron chi connectivity index (χ1n) is 5.29. The van der Waals surface area contributed by atoms with Crippen molar-refractivity contribution in [1.29, 1.82) is 0 Å². The summed E-state index contributed by atoms with van der Waals surface area (Å²) in [6, 6.07) is 3.05. The van der Waals surface area contributed by atoms with Gasteiger partial charge in [0.05, 0.1) is 11.6 Å². The van der Waals surface area contributed by atoms with Crippen LogP contribution in [-0.2, 0) is 4.74 Å². The minimum Gasteiger partial charge on any atom is -0.461 e. The third-order valence-electron chi connectivity index (χ3n) is 2.09. The van der Waals surface area contributed by atoms with Crippen LogP contribution in [0, 0.1) is 5.41 Å². The number of esters is 1. The van der Waals surface area contributed by atoms with Crippen molar-refractivity contribution in [3.8, 4) is 0 Å². The van der Waals surface area contributed by atoms with E-state index in [0.29, 0.717) is 6.61 Å². The number of rotatable bonds is 3. The first-order valence-corrected chi connectivity index (χ1v) is 6.04.